The fourth-order valence-corrected chi connectivity index (χ4v) is 2.86. The molecule has 0 saturated heterocycles. The molecule has 0 aliphatic heterocycles. The second kappa shape index (κ2) is 6.35. The zero-order valence-electron chi connectivity index (χ0n) is 12.9. The Labute approximate surface area is 125 Å². The number of methoxy groups -OCH3 is 2. The highest BCUT2D eigenvalue weighted by Gasteiger charge is 2.33. The molecule has 2 rings (SSSR count). The predicted molar refractivity (Wildman–Crippen MR) is 79.9 cm³/mol. The van der Waals surface area contributed by atoms with Crippen LogP contribution in [0.2, 0.25) is 0 Å². The van der Waals surface area contributed by atoms with E-state index in [1.54, 1.807) is 44.4 Å². The van der Waals surface area contributed by atoms with E-state index >= 15 is 0 Å². The summed E-state index contributed by atoms with van der Waals surface area (Å²) in [6.07, 6.45) is 3.55. The molecule has 1 aliphatic rings. The molecule has 0 unspecified atom stereocenters. The molecule has 1 aromatic carbocycles. The van der Waals surface area contributed by atoms with Crippen LogP contribution in [0.15, 0.2) is 18.2 Å². The summed E-state index contributed by atoms with van der Waals surface area (Å²) < 4.78 is 10.4. The number of nitrogens with zero attached hydrogens (tertiary/aromatic N) is 1. The third-order valence-electron chi connectivity index (χ3n) is 4.01. The number of carbonyl (C=O) groups is 1. The SMILES string of the molecule is COc1cc(OC)cc(C(=O)N(C)CC2(O)CCCC2)c1. The Balaban J connectivity index is 2.14. The molecule has 1 amide bonds. The van der Waals surface area contributed by atoms with Crippen LogP contribution in [0.3, 0.4) is 0 Å². The first-order valence-corrected chi connectivity index (χ1v) is 7.18. The maximum Gasteiger partial charge on any atom is 0.253 e. The van der Waals surface area contributed by atoms with E-state index in [1.807, 2.05) is 0 Å². The summed E-state index contributed by atoms with van der Waals surface area (Å²) in [5, 5.41) is 10.4. The summed E-state index contributed by atoms with van der Waals surface area (Å²) in [5.74, 6) is 1.00. The molecule has 0 radical (unpaired) electrons. The monoisotopic (exact) mass is 293 g/mol. The molecular formula is C16H23NO4. The number of benzene rings is 1. The minimum Gasteiger partial charge on any atom is -0.497 e. The smallest absolute Gasteiger partial charge is 0.253 e. The second-order valence-corrected chi connectivity index (χ2v) is 5.69. The van der Waals surface area contributed by atoms with Gasteiger partial charge in [0.2, 0.25) is 0 Å². The lowest BCUT2D eigenvalue weighted by atomic mass is 10.0. The van der Waals surface area contributed by atoms with Crippen molar-refractivity contribution in [1.82, 2.24) is 4.90 Å². The van der Waals surface area contributed by atoms with E-state index < -0.39 is 5.60 Å². The second-order valence-electron chi connectivity index (χ2n) is 5.69. The van der Waals surface area contributed by atoms with E-state index in [1.165, 1.54) is 0 Å². The topological polar surface area (TPSA) is 59.0 Å². The molecule has 5 nitrogen and oxygen atoms in total. The van der Waals surface area contributed by atoms with Crippen LogP contribution in [-0.2, 0) is 0 Å². The number of hydrogen-bond acceptors (Lipinski definition) is 4. The molecule has 0 heterocycles. The van der Waals surface area contributed by atoms with Crippen molar-refractivity contribution < 1.29 is 19.4 Å². The van der Waals surface area contributed by atoms with Crippen LogP contribution in [0.25, 0.3) is 0 Å². The number of amides is 1. The molecule has 0 spiro atoms. The molecule has 0 aromatic heterocycles. The number of carbonyl (C=O) groups excluding carboxylic acids is 1. The maximum absolute atomic E-state index is 12.5. The summed E-state index contributed by atoms with van der Waals surface area (Å²) in [6.45, 7) is 0.353. The van der Waals surface area contributed by atoms with Gasteiger partial charge in [-0.15, -0.1) is 0 Å². The quantitative estimate of drug-likeness (QED) is 0.903. The lowest BCUT2D eigenvalue weighted by molar-refractivity contribution is 0.0156. The third kappa shape index (κ3) is 3.67. The zero-order valence-corrected chi connectivity index (χ0v) is 12.9. The molecule has 1 fully saturated rings. The molecule has 1 aliphatic carbocycles. The van der Waals surface area contributed by atoms with Gasteiger partial charge in [-0.3, -0.25) is 4.79 Å². The summed E-state index contributed by atoms with van der Waals surface area (Å²) in [6, 6.07) is 5.08. The molecular weight excluding hydrogens is 270 g/mol. The van der Waals surface area contributed by atoms with E-state index in [2.05, 4.69) is 0 Å². The van der Waals surface area contributed by atoms with Crippen molar-refractivity contribution in [1.29, 1.82) is 0 Å². The van der Waals surface area contributed by atoms with Gasteiger partial charge in [-0.2, -0.15) is 0 Å². The van der Waals surface area contributed by atoms with E-state index in [0.29, 0.717) is 23.6 Å². The van der Waals surface area contributed by atoms with Gasteiger partial charge >= 0.3 is 0 Å². The Bertz CT molecular complexity index is 487. The van der Waals surface area contributed by atoms with Crippen molar-refractivity contribution in [2.24, 2.45) is 0 Å². The van der Waals surface area contributed by atoms with Gasteiger partial charge < -0.3 is 19.5 Å². The van der Waals surface area contributed by atoms with Gasteiger partial charge in [0.05, 0.1) is 19.8 Å². The Kier molecular flexibility index (Phi) is 4.73. The van der Waals surface area contributed by atoms with Gasteiger partial charge in [0.1, 0.15) is 11.5 Å². The van der Waals surface area contributed by atoms with Crippen molar-refractivity contribution in [2.45, 2.75) is 31.3 Å². The molecule has 5 heteroatoms. The van der Waals surface area contributed by atoms with E-state index in [0.717, 1.165) is 25.7 Å². The van der Waals surface area contributed by atoms with Gasteiger partial charge in [-0.25, -0.2) is 0 Å². The van der Waals surface area contributed by atoms with Crippen molar-refractivity contribution in [2.75, 3.05) is 27.8 Å². The molecule has 116 valence electrons. The third-order valence-corrected chi connectivity index (χ3v) is 4.01. The van der Waals surface area contributed by atoms with E-state index in [4.69, 9.17) is 9.47 Å². The van der Waals surface area contributed by atoms with Crippen LogP contribution in [0.4, 0.5) is 0 Å². The normalized spacial score (nSPS) is 16.6. The first-order chi connectivity index (χ1) is 9.97. The Morgan fingerprint density at radius 2 is 1.71 bits per heavy atom. The van der Waals surface area contributed by atoms with Gasteiger partial charge in [0.15, 0.2) is 0 Å². The van der Waals surface area contributed by atoms with Crippen LogP contribution < -0.4 is 9.47 Å². The number of ether oxygens (including phenoxy) is 2. The average molecular weight is 293 g/mol. The number of likely N-dealkylation sites (N-methyl/N-ethyl adjacent to an activating group) is 1. The predicted octanol–water partition coefficient (Wildman–Crippen LogP) is 2.08. The summed E-state index contributed by atoms with van der Waals surface area (Å²) in [4.78, 5) is 14.1. The van der Waals surface area contributed by atoms with E-state index in [-0.39, 0.29) is 5.91 Å². The van der Waals surface area contributed by atoms with Crippen LogP contribution in [0, 0.1) is 0 Å². The van der Waals surface area contributed by atoms with E-state index in [9.17, 15) is 9.90 Å². The first-order valence-electron chi connectivity index (χ1n) is 7.18. The molecule has 0 bridgehead atoms. The standard InChI is InChI=1S/C16H23NO4/c1-17(11-16(19)6-4-5-7-16)15(18)12-8-13(20-2)10-14(9-12)21-3/h8-10,19H,4-7,11H2,1-3H3. The summed E-state index contributed by atoms with van der Waals surface area (Å²) in [5.41, 5.74) is -0.247. The largest absolute Gasteiger partial charge is 0.497 e. The van der Waals surface area contributed by atoms with Gasteiger partial charge in [0, 0.05) is 25.2 Å². The lowest BCUT2D eigenvalue weighted by Gasteiger charge is -2.28. The highest BCUT2D eigenvalue weighted by molar-refractivity contribution is 5.95. The Morgan fingerprint density at radius 1 is 1.19 bits per heavy atom. The first kappa shape index (κ1) is 15.6. The number of aliphatic hydroxyl groups is 1. The molecule has 1 aromatic rings. The Morgan fingerprint density at radius 3 is 2.19 bits per heavy atom. The van der Waals surface area contributed by atoms with Crippen LogP contribution in [-0.4, -0.2) is 49.3 Å². The minimum atomic E-state index is -0.743. The molecule has 1 saturated carbocycles. The zero-order chi connectivity index (χ0) is 15.5. The number of rotatable bonds is 5. The van der Waals surface area contributed by atoms with Crippen molar-refractivity contribution in [3.63, 3.8) is 0 Å². The molecule has 21 heavy (non-hydrogen) atoms. The highest BCUT2D eigenvalue weighted by Crippen LogP contribution is 2.30. The van der Waals surface area contributed by atoms with Crippen LogP contribution in [0.5, 0.6) is 11.5 Å². The van der Waals surface area contributed by atoms with Gasteiger partial charge in [-0.05, 0) is 25.0 Å². The van der Waals surface area contributed by atoms with Crippen LogP contribution >= 0.6 is 0 Å². The number of hydrogen-bond donors (Lipinski definition) is 1. The van der Waals surface area contributed by atoms with Crippen molar-refractivity contribution in [3.05, 3.63) is 23.8 Å². The fourth-order valence-electron chi connectivity index (χ4n) is 2.86. The molecule has 0 atom stereocenters. The average Bonchev–Trinajstić information content (AvgIpc) is 2.91. The van der Waals surface area contributed by atoms with Gasteiger partial charge in [0.25, 0.3) is 5.91 Å². The summed E-state index contributed by atoms with van der Waals surface area (Å²) >= 11 is 0. The van der Waals surface area contributed by atoms with Crippen LogP contribution in [0.1, 0.15) is 36.0 Å². The fraction of sp³-hybridized carbons (Fsp3) is 0.562. The lowest BCUT2D eigenvalue weighted by Crippen LogP contribution is -2.42. The van der Waals surface area contributed by atoms with Crippen molar-refractivity contribution in [3.8, 4) is 11.5 Å². The Hall–Kier alpha value is -1.75. The van der Waals surface area contributed by atoms with Crippen molar-refractivity contribution >= 4 is 5.91 Å². The maximum atomic E-state index is 12.5. The van der Waals surface area contributed by atoms with Gasteiger partial charge in [-0.1, -0.05) is 12.8 Å². The highest BCUT2D eigenvalue weighted by atomic mass is 16.5. The molecule has 1 N–H and O–H groups in total. The minimum absolute atomic E-state index is 0.146. The summed E-state index contributed by atoms with van der Waals surface area (Å²) in [7, 11) is 4.81.